The second-order valence-electron chi connectivity index (χ2n) is 5.91. The number of carbonyl (C=O) groups excluding carboxylic acids is 1. The molecule has 3 rings (SSSR count). The first-order chi connectivity index (χ1) is 12.6. The molecular formula is C20H21N3O3. The molecule has 26 heavy (non-hydrogen) atoms. The molecule has 1 heterocycles. The van der Waals surface area contributed by atoms with Crippen molar-refractivity contribution in [2.75, 3.05) is 18.7 Å². The van der Waals surface area contributed by atoms with Gasteiger partial charge in [0.25, 0.3) is 5.91 Å². The summed E-state index contributed by atoms with van der Waals surface area (Å²) in [5, 5.41) is 7.05. The number of rotatable bonds is 6. The Hall–Kier alpha value is -3.28. The lowest BCUT2D eigenvalue weighted by Gasteiger charge is -2.11. The minimum atomic E-state index is -0.208. The Kier molecular flexibility index (Phi) is 5.53. The lowest BCUT2D eigenvalue weighted by Crippen LogP contribution is -2.26. The molecule has 0 radical (unpaired) electrons. The van der Waals surface area contributed by atoms with E-state index in [2.05, 4.69) is 15.8 Å². The van der Waals surface area contributed by atoms with Gasteiger partial charge in [-0.05, 0) is 48.7 Å². The van der Waals surface area contributed by atoms with Crippen molar-refractivity contribution in [2.45, 2.75) is 13.8 Å². The minimum Gasteiger partial charge on any atom is -0.454 e. The number of allylic oxidation sites excluding steroid dienone is 1. The highest BCUT2D eigenvalue weighted by Gasteiger charge is 2.11. The summed E-state index contributed by atoms with van der Waals surface area (Å²) in [5.41, 5.74) is 6.64. The predicted octanol–water partition coefficient (Wildman–Crippen LogP) is 3.26. The molecular weight excluding hydrogens is 330 g/mol. The normalized spacial score (nSPS) is 12.7. The third-order valence-electron chi connectivity index (χ3n) is 3.94. The van der Waals surface area contributed by atoms with Gasteiger partial charge in [0.2, 0.25) is 6.79 Å². The number of nitrogens with zero attached hydrogens (tertiary/aromatic N) is 1. The average molecular weight is 351 g/mol. The lowest BCUT2D eigenvalue weighted by atomic mass is 10.1. The molecule has 0 bridgehead atoms. The third kappa shape index (κ3) is 4.42. The molecule has 134 valence electrons. The van der Waals surface area contributed by atoms with E-state index in [-0.39, 0.29) is 19.2 Å². The molecule has 1 aliphatic heterocycles. The van der Waals surface area contributed by atoms with Crippen LogP contribution in [0.3, 0.4) is 0 Å². The molecule has 0 aromatic heterocycles. The van der Waals surface area contributed by atoms with Gasteiger partial charge in [0.1, 0.15) is 0 Å². The molecule has 6 heteroatoms. The van der Waals surface area contributed by atoms with E-state index >= 15 is 0 Å². The van der Waals surface area contributed by atoms with Gasteiger partial charge in [-0.15, -0.1) is 0 Å². The van der Waals surface area contributed by atoms with Crippen LogP contribution in [0.25, 0.3) is 6.08 Å². The number of hydrogen-bond acceptors (Lipinski definition) is 5. The lowest BCUT2D eigenvalue weighted by molar-refractivity contribution is -0.119. The number of hydrogen-bond donors (Lipinski definition) is 2. The number of nitrogens with one attached hydrogen (secondary N) is 2. The zero-order valence-corrected chi connectivity index (χ0v) is 14.8. The van der Waals surface area contributed by atoms with Gasteiger partial charge in [0, 0.05) is 11.9 Å². The molecule has 0 saturated heterocycles. The van der Waals surface area contributed by atoms with Crippen molar-refractivity contribution in [3.05, 3.63) is 59.2 Å². The SMILES string of the molecule is Cc1cccc(C)c1NCC(=O)N/N=C/C=C/c1ccc2c(c1)OCO2. The molecule has 6 nitrogen and oxygen atoms in total. The molecule has 0 spiro atoms. The largest absolute Gasteiger partial charge is 0.454 e. The van der Waals surface area contributed by atoms with Crippen LogP contribution in [0.4, 0.5) is 5.69 Å². The summed E-state index contributed by atoms with van der Waals surface area (Å²) in [5.74, 6) is 1.27. The molecule has 0 atom stereocenters. The second kappa shape index (κ2) is 8.20. The number of ether oxygens (including phenoxy) is 2. The number of para-hydroxylation sites is 1. The second-order valence-corrected chi connectivity index (χ2v) is 5.91. The maximum Gasteiger partial charge on any atom is 0.259 e. The van der Waals surface area contributed by atoms with Crippen molar-refractivity contribution in [3.8, 4) is 11.5 Å². The summed E-state index contributed by atoms with van der Waals surface area (Å²) in [4.78, 5) is 11.9. The standard InChI is InChI=1S/C20H21N3O3/c1-14-5-3-6-15(2)20(14)21-12-19(24)23-22-10-4-7-16-8-9-17-18(11-16)26-13-25-17/h3-11,21H,12-13H2,1-2H3,(H,23,24)/b7-4+,22-10+. The highest BCUT2D eigenvalue weighted by Crippen LogP contribution is 2.32. The van der Waals surface area contributed by atoms with Gasteiger partial charge in [-0.1, -0.05) is 30.3 Å². The zero-order valence-electron chi connectivity index (χ0n) is 14.8. The fraction of sp³-hybridized carbons (Fsp3) is 0.200. The molecule has 0 aliphatic carbocycles. The molecule has 1 amide bonds. The Balaban J connectivity index is 1.45. The number of carbonyl (C=O) groups is 1. The fourth-order valence-corrected chi connectivity index (χ4v) is 2.62. The van der Waals surface area contributed by atoms with Gasteiger partial charge in [0.05, 0.1) is 6.54 Å². The van der Waals surface area contributed by atoms with Crippen molar-refractivity contribution in [1.29, 1.82) is 0 Å². The monoisotopic (exact) mass is 351 g/mol. The summed E-state index contributed by atoms with van der Waals surface area (Å²) in [6, 6.07) is 11.7. The van der Waals surface area contributed by atoms with Gasteiger partial charge < -0.3 is 14.8 Å². The number of fused-ring (bicyclic) bond motifs is 1. The Morgan fingerprint density at radius 3 is 2.73 bits per heavy atom. The van der Waals surface area contributed by atoms with Crippen molar-refractivity contribution < 1.29 is 14.3 Å². The quantitative estimate of drug-likeness (QED) is 0.619. The first kappa shape index (κ1) is 17.5. The smallest absolute Gasteiger partial charge is 0.259 e. The van der Waals surface area contributed by atoms with E-state index in [1.807, 2.05) is 56.3 Å². The number of anilines is 1. The van der Waals surface area contributed by atoms with Crippen molar-refractivity contribution in [2.24, 2.45) is 5.10 Å². The van der Waals surface area contributed by atoms with Crippen molar-refractivity contribution >= 4 is 23.9 Å². The molecule has 2 aromatic carbocycles. The van der Waals surface area contributed by atoms with E-state index in [0.29, 0.717) is 0 Å². The van der Waals surface area contributed by atoms with E-state index in [0.717, 1.165) is 33.9 Å². The topological polar surface area (TPSA) is 72.0 Å². The first-order valence-electron chi connectivity index (χ1n) is 8.32. The van der Waals surface area contributed by atoms with Crippen LogP contribution in [-0.2, 0) is 4.79 Å². The van der Waals surface area contributed by atoms with E-state index in [9.17, 15) is 4.79 Å². The number of amides is 1. The van der Waals surface area contributed by atoms with E-state index in [1.165, 1.54) is 6.21 Å². The summed E-state index contributed by atoms with van der Waals surface area (Å²) in [7, 11) is 0. The van der Waals surface area contributed by atoms with Gasteiger partial charge >= 0.3 is 0 Å². The molecule has 0 saturated carbocycles. The van der Waals surface area contributed by atoms with Crippen LogP contribution in [-0.4, -0.2) is 25.5 Å². The average Bonchev–Trinajstić information content (AvgIpc) is 3.09. The highest BCUT2D eigenvalue weighted by molar-refractivity contribution is 5.84. The molecule has 0 fully saturated rings. The van der Waals surface area contributed by atoms with E-state index in [4.69, 9.17) is 9.47 Å². The van der Waals surface area contributed by atoms with Crippen LogP contribution < -0.4 is 20.2 Å². The number of benzene rings is 2. The Labute approximate surface area is 152 Å². The van der Waals surface area contributed by atoms with E-state index < -0.39 is 0 Å². The first-order valence-corrected chi connectivity index (χ1v) is 8.32. The molecule has 0 unspecified atom stereocenters. The highest BCUT2D eigenvalue weighted by atomic mass is 16.7. The Morgan fingerprint density at radius 2 is 1.92 bits per heavy atom. The molecule has 1 aliphatic rings. The fourth-order valence-electron chi connectivity index (χ4n) is 2.62. The minimum absolute atomic E-state index is 0.162. The van der Waals surface area contributed by atoms with Crippen molar-refractivity contribution in [1.82, 2.24) is 5.43 Å². The van der Waals surface area contributed by atoms with Gasteiger partial charge in [-0.3, -0.25) is 4.79 Å². The maximum atomic E-state index is 11.9. The zero-order chi connectivity index (χ0) is 18.4. The van der Waals surface area contributed by atoms with Crippen molar-refractivity contribution in [3.63, 3.8) is 0 Å². The maximum absolute atomic E-state index is 11.9. The van der Waals surface area contributed by atoms with Crippen LogP contribution in [0.2, 0.25) is 0 Å². The Bertz CT molecular complexity index is 839. The molecule has 2 aromatic rings. The summed E-state index contributed by atoms with van der Waals surface area (Å²) in [6.07, 6.45) is 5.14. The summed E-state index contributed by atoms with van der Waals surface area (Å²) in [6.45, 7) is 4.43. The molecule has 2 N–H and O–H groups in total. The van der Waals surface area contributed by atoms with Gasteiger partial charge in [-0.25, -0.2) is 5.43 Å². The van der Waals surface area contributed by atoms with E-state index in [1.54, 1.807) is 6.08 Å². The Morgan fingerprint density at radius 1 is 1.15 bits per heavy atom. The van der Waals surface area contributed by atoms with Crippen LogP contribution in [0.1, 0.15) is 16.7 Å². The van der Waals surface area contributed by atoms with Crippen LogP contribution in [0, 0.1) is 13.8 Å². The summed E-state index contributed by atoms with van der Waals surface area (Å²) >= 11 is 0. The predicted molar refractivity (Wildman–Crippen MR) is 103 cm³/mol. The van der Waals surface area contributed by atoms with Crippen LogP contribution in [0.15, 0.2) is 47.6 Å². The van der Waals surface area contributed by atoms with Crippen LogP contribution >= 0.6 is 0 Å². The van der Waals surface area contributed by atoms with Crippen LogP contribution in [0.5, 0.6) is 11.5 Å². The number of aryl methyl sites for hydroxylation is 2. The summed E-state index contributed by atoms with van der Waals surface area (Å²) < 4.78 is 10.6. The number of hydrazone groups is 1. The third-order valence-corrected chi connectivity index (χ3v) is 3.94. The van der Waals surface area contributed by atoms with Gasteiger partial charge in [0.15, 0.2) is 11.5 Å². The van der Waals surface area contributed by atoms with Gasteiger partial charge in [-0.2, -0.15) is 5.10 Å².